The van der Waals surface area contributed by atoms with Crippen LogP contribution in [0.25, 0.3) is 0 Å². The number of nitrogens with zero attached hydrogens (tertiary/aromatic N) is 1. The van der Waals surface area contributed by atoms with Gasteiger partial charge in [0.25, 0.3) is 5.69 Å². The largest absolute Gasteiger partial charge is 0.497 e. The van der Waals surface area contributed by atoms with E-state index in [2.05, 4.69) is 4.72 Å². The highest BCUT2D eigenvalue weighted by molar-refractivity contribution is 7.89. The average Bonchev–Trinajstić information content (AvgIpc) is 2.42. The van der Waals surface area contributed by atoms with Crippen LogP contribution in [-0.4, -0.2) is 33.5 Å². The molecule has 0 radical (unpaired) electrons. The van der Waals surface area contributed by atoms with Gasteiger partial charge in [-0.3, -0.25) is 10.1 Å². The molecule has 0 heterocycles. The van der Waals surface area contributed by atoms with Crippen molar-refractivity contribution in [2.75, 3.05) is 20.2 Å². The summed E-state index contributed by atoms with van der Waals surface area (Å²) < 4.78 is 31.2. The molecule has 1 rings (SSSR count). The Bertz CT molecular complexity index is 573. The van der Waals surface area contributed by atoms with Crippen molar-refractivity contribution < 1.29 is 18.1 Å². The number of benzene rings is 1. The molecule has 0 aliphatic rings. The van der Waals surface area contributed by atoms with E-state index in [4.69, 9.17) is 10.5 Å². The summed E-state index contributed by atoms with van der Waals surface area (Å²) in [5.74, 6) is 0.221. The first-order valence-electron chi connectivity index (χ1n) is 5.94. The number of unbranched alkanes of at least 4 members (excludes halogenated alkanes) is 1. The van der Waals surface area contributed by atoms with E-state index < -0.39 is 20.6 Å². The molecular formula is C11H17N3O5S. The molecule has 0 amide bonds. The van der Waals surface area contributed by atoms with E-state index in [1.165, 1.54) is 13.2 Å². The number of rotatable bonds is 8. The number of nitro benzene ring substituents is 1. The molecule has 0 saturated heterocycles. The fraction of sp³-hybridized carbons (Fsp3) is 0.455. The number of methoxy groups -OCH3 is 1. The van der Waals surface area contributed by atoms with Crippen LogP contribution in [0.3, 0.4) is 0 Å². The average molecular weight is 303 g/mol. The van der Waals surface area contributed by atoms with Crippen molar-refractivity contribution >= 4 is 15.7 Å². The summed E-state index contributed by atoms with van der Waals surface area (Å²) in [6.07, 6.45) is 1.24. The molecule has 8 nitrogen and oxygen atoms in total. The van der Waals surface area contributed by atoms with E-state index in [0.717, 1.165) is 12.1 Å². The molecule has 1 aromatic carbocycles. The molecule has 0 bridgehead atoms. The zero-order chi connectivity index (χ0) is 15.2. The Morgan fingerprint density at radius 3 is 2.65 bits per heavy atom. The van der Waals surface area contributed by atoms with Gasteiger partial charge in [0.1, 0.15) is 5.75 Å². The van der Waals surface area contributed by atoms with E-state index in [1.54, 1.807) is 0 Å². The lowest BCUT2D eigenvalue weighted by molar-refractivity contribution is -0.387. The molecule has 0 fully saturated rings. The Morgan fingerprint density at radius 2 is 2.10 bits per heavy atom. The fourth-order valence-corrected chi connectivity index (χ4v) is 2.77. The summed E-state index contributed by atoms with van der Waals surface area (Å²) in [7, 11) is -2.58. The van der Waals surface area contributed by atoms with Crippen LogP contribution in [0.2, 0.25) is 0 Å². The molecule has 0 saturated carbocycles. The molecule has 0 spiro atoms. The standard InChI is InChI=1S/C11H17N3O5S/c1-19-9-4-5-11(10(8-9)14(15)16)20(17,18)13-7-3-2-6-12/h4-5,8,13H,2-3,6-7,12H2,1H3. The Morgan fingerprint density at radius 1 is 1.40 bits per heavy atom. The summed E-state index contributed by atoms with van der Waals surface area (Å²) in [6.45, 7) is 0.646. The number of hydrogen-bond donors (Lipinski definition) is 2. The van der Waals surface area contributed by atoms with Gasteiger partial charge >= 0.3 is 0 Å². The van der Waals surface area contributed by atoms with E-state index >= 15 is 0 Å². The zero-order valence-electron chi connectivity index (χ0n) is 11.0. The van der Waals surface area contributed by atoms with E-state index in [0.29, 0.717) is 19.4 Å². The summed E-state index contributed by atoms with van der Waals surface area (Å²) >= 11 is 0. The highest BCUT2D eigenvalue weighted by Crippen LogP contribution is 2.28. The van der Waals surface area contributed by atoms with Gasteiger partial charge in [0, 0.05) is 6.54 Å². The molecule has 1 aromatic rings. The van der Waals surface area contributed by atoms with Crippen molar-refractivity contribution in [1.82, 2.24) is 4.72 Å². The second-order valence-corrected chi connectivity index (χ2v) is 5.72. The Kier molecular flexibility index (Phi) is 5.86. The number of nitrogens with one attached hydrogen (secondary N) is 1. The van der Waals surface area contributed by atoms with Gasteiger partial charge < -0.3 is 10.5 Å². The van der Waals surface area contributed by atoms with Crippen molar-refractivity contribution in [3.63, 3.8) is 0 Å². The predicted octanol–water partition coefficient (Wildman–Crippen LogP) is 0.621. The highest BCUT2D eigenvalue weighted by atomic mass is 32.2. The molecule has 112 valence electrons. The number of nitro groups is 1. The van der Waals surface area contributed by atoms with Crippen molar-refractivity contribution in [2.45, 2.75) is 17.7 Å². The van der Waals surface area contributed by atoms with Crippen molar-refractivity contribution in [3.8, 4) is 5.75 Å². The summed E-state index contributed by atoms with van der Waals surface area (Å²) in [4.78, 5) is 9.82. The van der Waals surface area contributed by atoms with Crippen LogP contribution >= 0.6 is 0 Å². The third-order valence-electron chi connectivity index (χ3n) is 2.58. The SMILES string of the molecule is COc1ccc(S(=O)(=O)NCCCCN)c([N+](=O)[O-])c1. The van der Waals surface area contributed by atoms with Crippen LogP contribution in [0.15, 0.2) is 23.1 Å². The smallest absolute Gasteiger partial charge is 0.293 e. The lowest BCUT2D eigenvalue weighted by atomic mass is 10.3. The van der Waals surface area contributed by atoms with Gasteiger partial charge in [0.15, 0.2) is 4.90 Å². The minimum absolute atomic E-state index is 0.183. The third kappa shape index (κ3) is 4.15. The van der Waals surface area contributed by atoms with Crippen LogP contribution in [-0.2, 0) is 10.0 Å². The topological polar surface area (TPSA) is 125 Å². The van der Waals surface area contributed by atoms with Gasteiger partial charge in [0.05, 0.1) is 18.1 Å². The zero-order valence-corrected chi connectivity index (χ0v) is 11.9. The number of nitrogens with two attached hydrogens (primary N) is 1. The minimum atomic E-state index is -3.93. The van der Waals surface area contributed by atoms with Gasteiger partial charge in [-0.1, -0.05) is 0 Å². The van der Waals surface area contributed by atoms with Gasteiger partial charge in [0.2, 0.25) is 10.0 Å². The van der Waals surface area contributed by atoms with Gasteiger partial charge in [-0.2, -0.15) is 0 Å². The maximum Gasteiger partial charge on any atom is 0.293 e. The molecule has 3 N–H and O–H groups in total. The molecule has 0 unspecified atom stereocenters. The predicted molar refractivity (Wildman–Crippen MR) is 73.1 cm³/mol. The van der Waals surface area contributed by atoms with Crippen LogP contribution in [0, 0.1) is 10.1 Å². The Hall–Kier alpha value is -1.71. The molecule has 9 heteroatoms. The van der Waals surface area contributed by atoms with Crippen LogP contribution in [0.1, 0.15) is 12.8 Å². The Balaban J connectivity index is 3.02. The maximum absolute atomic E-state index is 12.0. The van der Waals surface area contributed by atoms with E-state index in [9.17, 15) is 18.5 Å². The van der Waals surface area contributed by atoms with Crippen LogP contribution < -0.4 is 15.2 Å². The second kappa shape index (κ2) is 7.17. The quantitative estimate of drug-likeness (QED) is 0.412. The van der Waals surface area contributed by atoms with Crippen molar-refractivity contribution in [1.29, 1.82) is 0 Å². The lowest BCUT2D eigenvalue weighted by Crippen LogP contribution is -2.26. The monoisotopic (exact) mass is 303 g/mol. The second-order valence-electron chi connectivity index (χ2n) is 3.98. The van der Waals surface area contributed by atoms with Crippen LogP contribution in [0.4, 0.5) is 5.69 Å². The van der Waals surface area contributed by atoms with Gasteiger partial charge in [-0.05, 0) is 31.5 Å². The molecule has 20 heavy (non-hydrogen) atoms. The van der Waals surface area contributed by atoms with Crippen LogP contribution in [0.5, 0.6) is 5.75 Å². The van der Waals surface area contributed by atoms with Crippen molar-refractivity contribution in [2.24, 2.45) is 5.73 Å². The lowest BCUT2D eigenvalue weighted by Gasteiger charge is -2.08. The fourth-order valence-electron chi connectivity index (χ4n) is 1.55. The minimum Gasteiger partial charge on any atom is -0.497 e. The first kappa shape index (κ1) is 16.3. The number of hydrogen-bond acceptors (Lipinski definition) is 6. The molecule has 0 aliphatic heterocycles. The summed E-state index contributed by atoms with van der Waals surface area (Å²) in [5.41, 5.74) is 4.79. The maximum atomic E-state index is 12.0. The van der Waals surface area contributed by atoms with E-state index in [-0.39, 0.29) is 17.2 Å². The molecule has 0 atom stereocenters. The van der Waals surface area contributed by atoms with Crippen molar-refractivity contribution in [3.05, 3.63) is 28.3 Å². The third-order valence-corrected chi connectivity index (χ3v) is 4.08. The number of sulfonamides is 1. The number of ether oxygens (including phenoxy) is 1. The van der Waals surface area contributed by atoms with Gasteiger partial charge in [-0.15, -0.1) is 0 Å². The first-order chi connectivity index (χ1) is 9.42. The summed E-state index contributed by atoms with van der Waals surface area (Å²) in [5, 5.41) is 11.0. The van der Waals surface area contributed by atoms with Gasteiger partial charge in [-0.25, -0.2) is 13.1 Å². The molecular weight excluding hydrogens is 286 g/mol. The van der Waals surface area contributed by atoms with E-state index in [1.807, 2.05) is 0 Å². The normalized spacial score (nSPS) is 11.3. The molecule has 0 aromatic heterocycles. The molecule has 0 aliphatic carbocycles. The Labute approximate surface area is 117 Å². The first-order valence-corrected chi connectivity index (χ1v) is 7.43. The highest BCUT2D eigenvalue weighted by Gasteiger charge is 2.25. The summed E-state index contributed by atoms with van der Waals surface area (Å²) in [6, 6.07) is 3.60.